The van der Waals surface area contributed by atoms with Gasteiger partial charge in [-0.15, -0.1) is 0 Å². The van der Waals surface area contributed by atoms with Crippen molar-refractivity contribution >= 4 is 39.9 Å². The van der Waals surface area contributed by atoms with E-state index in [-0.39, 0.29) is 39.5 Å². The molecular formula is C26H21NO6S. The van der Waals surface area contributed by atoms with Crippen LogP contribution in [-0.4, -0.2) is 39.5 Å². The van der Waals surface area contributed by atoms with Crippen molar-refractivity contribution < 1.29 is 28.1 Å². The Balaban J connectivity index is 1.56. The molecule has 0 saturated heterocycles. The van der Waals surface area contributed by atoms with Gasteiger partial charge in [-0.05, 0) is 25.1 Å². The summed E-state index contributed by atoms with van der Waals surface area (Å²) in [4.78, 5) is 51.8. The summed E-state index contributed by atoms with van der Waals surface area (Å²) in [5.74, 6) is -1.80. The number of nitrogens with one attached hydrogen (secondary N) is 1. The topological polar surface area (TPSA) is 107 Å². The lowest BCUT2D eigenvalue weighted by Crippen LogP contribution is -2.31. The second-order valence-corrected chi connectivity index (χ2v) is 9.31. The van der Waals surface area contributed by atoms with Crippen LogP contribution in [0, 0.1) is 0 Å². The second-order valence-electron chi connectivity index (χ2n) is 7.60. The van der Waals surface area contributed by atoms with Crippen LogP contribution in [0.15, 0.2) is 71.6 Å². The number of hydrogen-bond acceptors (Lipinski definition) is 6. The van der Waals surface area contributed by atoms with E-state index in [0.29, 0.717) is 16.2 Å². The van der Waals surface area contributed by atoms with Crippen LogP contribution in [0.3, 0.4) is 0 Å². The van der Waals surface area contributed by atoms with E-state index >= 15 is 0 Å². The van der Waals surface area contributed by atoms with Crippen molar-refractivity contribution in [2.75, 3.05) is 11.1 Å². The molecule has 0 heterocycles. The van der Waals surface area contributed by atoms with Crippen molar-refractivity contribution in [3.8, 4) is 0 Å². The van der Waals surface area contributed by atoms with Crippen LogP contribution < -0.4 is 5.32 Å². The lowest BCUT2D eigenvalue weighted by Gasteiger charge is -2.21. The first-order chi connectivity index (χ1) is 16.3. The Hall–Kier alpha value is -3.91. The lowest BCUT2D eigenvalue weighted by molar-refractivity contribution is -0.123. The van der Waals surface area contributed by atoms with Crippen LogP contribution in [0.2, 0.25) is 0 Å². The van der Waals surface area contributed by atoms with E-state index in [1.807, 2.05) is 0 Å². The molecule has 0 aromatic heterocycles. The van der Waals surface area contributed by atoms with Gasteiger partial charge in [0.25, 0.3) is 5.91 Å². The third-order valence-electron chi connectivity index (χ3n) is 5.48. The highest BCUT2D eigenvalue weighted by Crippen LogP contribution is 2.32. The highest BCUT2D eigenvalue weighted by Gasteiger charge is 2.32. The molecule has 3 aromatic carbocycles. The Bertz CT molecular complexity index is 1360. The Labute approximate surface area is 198 Å². The summed E-state index contributed by atoms with van der Waals surface area (Å²) < 4.78 is 17.6. The summed E-state index contributed by atoms with van der Waals surface area (Å²) >= 11 is 0. The summed E-state index contributed by atoms with van der Waals surface area (Å²) in [5.41, 5.74) is 1.15. The normalized spacial score (nSPS) is 13.9. The summed E-state index contributed by atoms with van der Waals surface area (Å²) in [6.45, 7) is 3.13. The Kier molecular flexibility index (Phi) is 6.51. The number of esters is 1. The van der Waals surface area contributed by atoms with Gasteiger partial charge in [-0.2, -0.15) is 0 Å². The smallest absolute Gasteiger partial charge is 0.340 e. The minimum absolute atomic E-state index is 0.0989. The first kappa shape index (κ1) is 23.3. The number of carbonyl (C=O) groups excluding carboxylic acids is 4. The fraction of sp³-hybridized carbons (Fsp3) is 0.154. The third kappa shape index (κ3) is 4.20. The zero-order chi connectivity index (χ0) is 24.4. The summed E-state index contributed by atoms with van der Waals surface area (Å²) in [5, 5.41) is 2.61. The van der Waals surface area contributed by atoms with Crippen LogP contribution >= 0.6 is 0 Å². The molecule has 4 rings (SSSR count). The van der Waals surface area contributed by atoms with E-state index in [4.69, 9.17) is 4.74 Å². The van der Waals surface area contributed by atoms with E-state index in [2.05, 4.69) is 5.32 Å². The van der Waals surface area contributed by atoms with E-state index in [9.17, 15) is 23.4 Å². The van der Waals surface area contributed by atoms with Crippen LogP contribution in [0.5, 0.6) is 0 Å². The number of ketones is 2. The lowest BCUT2D eigenvalue weighted by atomic mass is 9.83. The maximum Gasteiger partial charge on any atom is 0.340 e. The number of benzene rings is 3. The second kappa shape index (κ2) is 9.52. The first-order valence-electron chi connectivity index (χ1n) is 10.6. The Morgan fingerprint density at radius 1 is 0.882 bits per heavy atom. The van der Waals surface area contributed by atoms with Crippen LogP contribution in [0.25, 0.3) is 0 Å². The van der Waals surface area contributed by atoms with Gasteiger partial charge in [0, 0.05) is 22.4 Å². The zero-order valence-corrected chi connectivity index (χ0v) is 19.3. The fourth-order valence-corrected chi connectivity index (χ4v) is 4.69. The molecule has 172 valence electrons. The van der Waals surface area contributed by atoms with Crippen molar-refractivity contribution in [2.24, 2.45) is 0 Å². The SMILES string of the molecule is CCS(=O)c1ccccc1C(=O)OC(C)C(=O)Nc1cccc2c1C(=O)c1ccccc1C2=O. The van der Waals surface area contributed by atoms with E-state index < -0.39 is 28.8 Å². The monoisotopic (exact) mass is 475 g/mol. The Morgan fingerprint density at radius 2 is 1.50 bits per heavy atom. The highest BCUT2D eigenvalue weighted by atomic mass is 32.2. The predicted molar refractivity (Wildman–Crippen MR) is 127 cm³/mol. The van der Waals surface area contributed by atoms with Crippen LogP contribution in [0.1, 0.15) is 56.0 Å². The predicted octanol–water partition coefficient (Wildman–Crippen LogP) is 3.77. The van der Waals surface area contributed by atoms with Crippen LogP contribution in [-0.2, 0) is 20.3 Å². The number of ether oxygens (including phenoxy) is 1. The standard InChI is InChI=1S/C26H21NO6S/c1-3-34(32)21-14-7-6-11-18(21)26(31)33-15(2)25(30)27-20-13-8-12-19-22(20)24(29)17-10-5-4-9-16(17)23(19)28/h4-15H,3H2,1-2H3,(H,27,30). The third-order valence-corrected chi connectivity index (χ3v) is 6.85. The van der Waals surface area contributed by atoms with Gasteiger partial charge in [0.05, 0.1) is 32.5 Å². The average molecular weight is 476 g/mol. The first-order valence-corrected chi connectivity index (χ1v) is 12.0. The van der Waals surface area contributed by atoms with Crippen LogP contribution in [0.4, 0.5) is 5.69 Å². The van der Waals surface area contributed by atoms with E-state index in [0.717, 1.165) is 0 Å². The van der Waals surface area contributed by atoms with Gasteiger partial charge in [0.15, 0.2) is 17.7 Å². The van der Waals surface area contributed by atoms with Crippen molar-refractivity contribution in [3.63, 3.8) is 0 Å². The number of hydrogen-bond donors (Lipinski definition) is 1. The van der Waals surface area contributed by atoms with Gasteiger partial charge in [-0.3, -0.25) is 18.6 Å². The zero-order valence-electron chi connectivity index (χ0n) is 18.5. The van der Waals surface area contributed by atoms with Gasteiger partial charge in [-0.1, -0.05) is 55.5 Å². The van der Waals surface area contributed by atoms with Gasteiger partial charge in [0.2, 0.25) is 0 Å². The molecule has 0 spiro atoms. The minimum Gasteiger partial charge on any atom is -0.449 e. The number of amides is 1. The average Bonchev–Trinajstić information content (AvgIpc) is 2.86. The summed E-state index contributed by atoms with van der Waals surface area (Å²) in [7, 11) is -1.38. The molecule has 8 heteroatoms. The number of rotatable bonds is 6. The molecule has 0 radical (unpaired) electrons. The van der Waals surface area contributed by atoms with Crippen molar-refractivity contribution in [3.05, 3.63) is 94.5 Å². The van der Waals surface area contributed by atoms with Crippen molar-refractivity contribution in [1.29, 1.82) is 0 Å². The molecule has 34 heavy (non-hydrogen) atoms. The van der Waals surface area contributed by atoms with Gasteiger partial charge < -0.3 is 10.1 Å². The number of anilines is 1. The quantitative estimate of drug-likeness (QED) is 0.426. The van der Waals surface area contributed by atoms with Crippen molar-refractivity contribution in [2.45, 2.75) is 24.8 Å². The molecule has 1 amide bonds. The van der Waals surface area contributed by atoms with Gasteiger partial charge >= 0.3 is 5.97 Å². The number of fused-ring (bicyclic) bond motifs is 2. The molecule has 3 aromatic rings. The van der Waals surface area contributed by atoms with Gasteiger partial charge in [-0.25, -0.2) is 4.79 Å². The van der Waals surface area contributed by atoms with E-state index in [1.54, 1.807) is 55.5 Å². The van der Waals surface area contributed by atoms with Gasteiger partial charge in [0.1, 0.15) is 0 Å². The maximum atomic E-state index is 13.1. The highest BCUT2D eigenvalue weighted by molar-refractivity contribution is 7.85. The molecule has 0 aliphatic heterocycles. The minimum atomic E-state index is -1.38. The molecule has 0 bridgehead atoms. The summed E-state index contributed by atoms with van der Waals surface area (Å²) in [6.07, 6.45) is -1.21. The maximum absolute atomic E-state index is 13.1. The summed E-state index contributed by atoms with van der Waals surface area (Å²) in [6, 6.07) is 17.5. The molecule has 1 aliphatic rings. The molecule has 0 fully saturated rings. The van der Waals surface area contributed by atoms with E-state index in [1.165, 1.54) is 25.1 Å². The molecule has 1 aliphatic carbocycles. The number of carbonyl (C=O) groups is 4. The Morgan fingerprint density at radius 3 is 2.21 bits per heavy atom. The molecule has 2 unspecified atom stereocenters. The largest absolute Gasteiger partial charge is 0.449 e. The molecular weight excluding hydrogens is 454 g/mol. The molecule has 0 saturated carbocycles. The molecule has 7 nitrogen and oxygen atoms in total. The molecule has 1 N–H and O–H groups in total. The van der Waals surface area contributed by atoms with Crippen molar-refractivity contribution in [1.82, 2.24) is 0 Å². The fourth-order valence-electron chi connectivity index (χ4n) is 3.75. The molecule has 2 atom stereocenters.